The number of carbonyl (C=O) groups excluding carboxylic acids is 2. The highest BCUT2D eigenvalue weighted by atomic mass is 32.1. The molecule has 0 saturated carbocycles. The lowest BCUT2D eigenvalue weighted by Gasteiger charge is -2.00. The summed E-state index contributed by atoms with van der Waals surface area (Å²) in [7, 11) is 1.31. The number of methoxy groups -OCH3 is 1. The Labute approximate surface area is 137 Å². The molecule has 2 rings (SSSR count). The van der Waals surface area contributed by atoms with Crippen molar-refractivity contribution in [2.45, 2.75) is 6.42 Å². The van der Waals surface area contributed by atoms with Gasteiger partial charge in [-0.3, -0.25) is 9.59 Å². The molecular weight excluding hydrogens is 317 g/mol. The number of carbonyl (C=O) groups is 2. The molecular formula is C17H16FNO3S. The summed E-state index contributed by atoms with van der Waals surface area (Å²) in [6.45, 7) is 0.237. The van der Waals surface area contributed by atoms with E-state index in [2.05, 4.69) is 10.1 Å². The molecule has 0 fully saturated rings. The average molecular weight is 333 g/mol. The molecule has 0 bridgehead atoms. The summed E-state index contributed by atoms with van der Waals surface area (Å²) in [5.74, 6) is -0.906. The number of thiophene rings is 1. The summed E-state index contributed by atoms with van der Waals surface area (Å²) in [6, 6.07) is 10.1. The SMILES string of the molecule is COC(=O)CCNC(=O)/C=C/c1ccc(-c2ccc(F)cc2)s1. The molecule has 1 amide bonds. The maximum atomic E-state index is 12.9. The van der Waals surface area contributed by atoms with E-state index in [0.29, 0.717) is 0 Å². The van der Waals surface area contributed by atoms with Gasteiger partial charge in [-0.05, 0) is 35.9 Å². The van der Waals surface area contributed by atoms with Crippen LogP contribution in [0.3, 0.4) is 0 Å². The van der Waals surface area contributed by atoms with Gasteiger partial charge in [-0.1, -0.05) is 12.1 Å². The van der Waals surface area contributed by atoms with Crippen molar-refractivity contribution in [1.29, 1.82) is 0 Å². The Kier molecular flexibility index (Phi) is 6.05. The number of halogens is 1. The topological polar surface area (TPSA) is 55.4 Å². The van der Waals surface area contributed by atoms with Crippen molar-refractivity contribution < 1.29 is 18.7 Å². The van der Waals surface area contributed by atoms with Crippen molar-refractivity contribution in [2.75, 3.05) is 13.7 Å². The Morgan fingerprint density at radius 3 is 2.65 bits per heavy atom. The number of benzene rings is 1. The Morgan fingerprint density at radius 1 is 1.22 bits per heavy atom. The normalized spacial score (nSPS) is 10.7. The van der Waals surface area contributed by atoms with Gasteiger partial charge in [0.1, 0.15) is 5.82 Å². The van der Waals surface area contributed by atoms with Gasteiger partial charge in [0, 0.05) is 22.4 Å². The van der Waals surface area contributed by atoms with Crippen molar-refractivity contribution in [3.05, 3.63) is 53.2 Å². The number of rotatable bonds is 6. The second-order valence-electron chi connectivity index (χ2n) is 4.66. The highest BCUT2D eigenvalue weighted by Gasteiger charge is 2.03. The first kappa shape index (κ1) is 16.9. The lowest BCUT2D eigenvalue weighted by Crippen LogP contribution is -2.24. The molecule has 120 valence electrons. The van der Waals surface area contributed by atoms with Crippen LogP contribution in [-0.4, -0.2) is 25.5 Å². The number of esters is 1. The summed E-state index contributed by atoms with van der Waals surface area (Å²) >= 11 is 1.50. The molecule has 6 heteroatoms. The zero-order valence-corrected chi connectivity index (χ0v) is 13.4. The Morgan fingerprint density at radius 2 is 1.96 bits per heavy atom. The standard InChI is InChI=1S/C17H16FNO3S/c1-22-17(21)10-11-19-16(20)9-7-14-6-8-15(23-14)12-2-4-13(18)5-3-12/h2-9H,10-11H2,1H3,(H,19,20)/b9-7+. The Bertz CT molecular complexity index is 707. The van der Waals surface area contributed by atoms with Gasteiger partial charge < -0.3 is 10.1 Å². The van der Waals surface area contributed by atoms with E-state index in [1.807, 2.05) is 12.1 Å². The molecule has 0 spiro atoms. The lowest BCUT2D eigenvalue weighted by atomic mass is 10.2. The molecule has 0 unspecified atom stereocenters. The van der Waals surface area contributed by atoms with Crippen LogP contribution in [0.4, 0.5) is 4.39 Å². The monoisotopic (exact) mass is 333 g/mol. The quantitative estimate of drug-likeness (QED) is 0.652. The zero-order valence-electron chi connectivity index (χ0n) is 12.5. The van der Waals surface area contributed by atoms with Crippen LogP contribution in [0.2, 0.25) is 0 Å². The molecule has 1 N–H and O–H groups in total. The van der Waals surface area contributed by atoms with Crippen LogP contribution in [0.5, 0.6) is 0 Å². The first-order valence-electron chi connectivity index (χ1n) is 6.97. The zero-order chi connectivity index (χ0) is 16.7. The molecule has 0 saturated heterocycles. The molecule has 1 heterocycles. The van der Waals surface area contributed by atoms with Gasteiger partial charge >= 0.3 is 5.97 Å². The Balaban J connectivity index is 1.89. The van der Waals surface area contributed by atoms with Gasteiger partial charge in [-0.2, -0.15) is 0 Å². The fourth-order valence-electron chi connectivity index (χ4n) is 1.82. The van der Waals surface area contributed by atoms with Gasteiger partial charge in [0.25, 0.3) is 0 Å². The average Bonchev–Trinajstić information content (AvgIpc) is 3.02. The van der Waals surface area contributed by atoms with Crippen LogP contribution in [0.25, 0.3) is 16.5 Å². The van der Waals surface area contributed by atoms with E-state index >= 15 is 0 Å². The molecule has 0 aliphatic rings. The smallest absolute Gasteiger partial charge is 0.307 e. The number of hydrogen-bond acceptors (Lipinski definition) is 4. The second kappa shape index (κ2) is 8.24. The molecule has 2 aromatic rings. The van der Waals surface area contributed by atoms with Crippen molar-refractivity contribution in [3.63, 3.8) is 0 Å². The largest absolute Gasteiger partial charge is 0.469 e. The maximum absolute atomic E-state index is 12.9. The predicted octanol–water partition coefficient (Wildman–Crippen LogP) is 3.25. The van der Waals surface area contributed by atoms with E-state index in [-0.39, 0.29) is 30.7 Å². The van der Waals surface area contributed by atoms with Crippen molar-refractivity contribution >= 4 is 29.3 Å². The van der Waals surface area contributed by atoms with E-state index in [1.54, 1.807) is 18.2 Å². The first-order chi connectivity index (χ1) is 11.1. The van der Waals surface area contributed by atoms with Crippen molar-refractivity contribution in [2.24, 2.45) is 0 Å². The minimum Gasteiger partial charge on any atom is -0.469 e. The number of amides is 1. The van der Waals surface area contributed by atoms with Gasteiger partial charge in [-0.25, -0.2) is 4.39 Å². The minimum atomic E-state index is -0.364. The van der Waals surface area contributed by atoms with Crippen molar-refractivity contribution in [3.8, 4) is 10.4 Å². The lowest BCUT2D eigenvalue weighted by molar-refractivity contribution is -0.140. The summed E-state index contributed by atoms with van der Waals surface area (Å²) in [5.41, 5.74) is 0.929. The Hall–Kier alpha value is -2.47. The van der Waals surface area contributed by atoms with E-state index in [9.17, 15) is 14.0 Å². The van der Waals surface area contributed by atoms with E-state index in [1.165, 1.54) is 36.7 Å². The predicted molar refractivity (Wildman–Crippen MR) is 88.4 cm³/mol. The highest BCUT2D eigenvalue weighted by Crippen LogP contribution is 2.28. The van der Waals surface area contributed by atoms with Crippen LogP contribution >= 0.6 is 11.3 Å². The van der Waals surface area contributed by atoms with E-state index < -0.39 is 0 Å². The molecule has 0 aliphatic carbocycles. The summed E-state index contributed by atoms with van der Waals surface area (Å²) in [6.07, 6.45) is 3.26. The molecule has 4 nitrogen and oxygen atoms in total. The fourth-order valence-corrected chi connectivity index (χ4v) is 2.73. The molecule has 1 aromatic heterocycles. The summed E-state index contributed by atoms with van der Waals surface area (Å²) in [4.78, 5) is 24.4. The molecule has 23 heavy (non-hydrogen) atoms. The third-order valence-corrected chi connectivity index (χ3v) is 4.11. The molecule has 0 atom stereocenters. The molecule has 0 aliphatic heterocycles. The first-order valence-corrected chi connectivity index (χ1v) is 7.78. The van der Waals surface area contributed by atoms with Crippen LogP contribution in [0.15, 0.2) is 42.5 Å². The second-order valence-corrected chi connectivity index (χ2v) is 5.77. The molecule has 0 radical (unpaired) electrons. The third-order valence-electron chi connectivity index (χ3n) is 3.01. The number of nitrogens with one attached hydrogen (secondary N) is 1. The van der Waals surface area contributed by atoms with Crippen LogP contribution in [-0.2, 0) is 14.3 Å². The maximum Gasteiger partial charge on any atom is 0.307 e. The number of ether oxygens (including phenoxy) is 1. The van der Waals surface area contributed by atoms with Gasteiger partial charge in [0.05, 0.1) is 13.5 Å². The van der Waals surface area contributed by atoms with E-state index in [0.717, 1.165) is 15.3 Å². The molecule has 1 aromatic carbocycles. The minimum absolute atomic E-state index is 0.143. The fraction of sp³-hybridized carbons (Fsp3) is 0.176. The van der Waals surface area contributed by atoms with E-state index in [4.69, 9.17) is 0 Å². The number of hydrogen-bond donors (Lipinski definition) is 1. The van der Waals surface area contributed by atoms with Crippen molar-refractivity contribution in [1.82, 2.24) is 5.32 Å². The van der Waals surface area contributed by atoms with Gasteiger partial charge in [0.15, 0.2) is 0 Å². The third kappa shape index (κ3) is 5.34. The van der Waals surface area contributed by atoms with Gasteiger partial charge in [-0.15, -0.1) is 11.3 Å². The highest BCUT2D eigenvalue weighted by molar-refractivity contribution is 7.16. The van der Waals surface area contributed by atoms with Crippen LogP contribution in [0, 0.1) is 5.82 Å². The van der Waals surface area contributed by atoms with Crippen LogP contribution in [0.1, 0.15) is 11.3 Å². The van der Waals surface area contributed by atoms with Crippen LogP contribution < -0.4 is 5.32 Å². The summed E-state index contributed by atoms with van der Waals surface area (Å²) in [5, 5.41) is 2.60. The van der Waals surface area contributed by atoms with Gasteiger partial charge in [0.2, 0.25) is 5.91 Å². The summed E-state index contributed by atoms with van der Waals surface area (Å²) < 4.78 is 17.4.